The highest BCUT2D eigenvalue weighted by Crippen LogP contribution is 2.47. The van der Waals surface area contributed by atoms with Gasteiger partial charge in [-0.1, -0.05) is 125 Å². The fourth-order valence-corrected chi connectivity index (χ4v) is 7.05. The zero-order valence-electron chi connectivity index (χ0n) is 35.3. The van der Waals surface area contributed by atoms with Crippen molar-refractivity contribution in [2.75, 3.05) is 19.8 Å². The summed E-state index contributed by atoms with van der Waals surface area (Å²) in [5, 5.41) is 50.1. The predicted octanol–water partition coefficient (Wildman–Crippen LogP) is 8.41. The highest BCUT2D eigenvalue weighted by molar-refractivity contribution is 7.47. The number of aliphatic hydroxyl groups excluding tert-OH is 5. The molecule has 1 aliphatic carbocycles. The lowest BCUT2D eigenvalue weighted by Crippen LogP contribution is -2.64. The molecule has 0 aromatic carbocycles. The fraction of sp³-hybridized carbons (Fsp3) is 0.711. The Kier molecular flexibility index (Phi) is 33.0. The molecule has 1 saturated carbocycles. The van der Waals surface area contributed by atoms with Crippen LogP contribution in [0.4, 0.5) is 0 Å². The lowest BCUT2D eigenvalue weighted by atomic mass is 9.85. The molecule has 0 spiro atoms. The lowest BCUT2D eigenvalue weighted by molar-refractivity contribution is -0.220. The smallest absolute Gasteiger partial charge is 0.457 e. The number of unbranched alkanes of at least 4 members (excludes halogenated alkanes) is 11. The minimum Gasteiger partial charge on any atom is -0.457 e. The lowest BCUT2D eigenvalue weighted by Gasteiger charge is -2.41. The second-order valence-electron chi connectivity index (χ2n) is 14.8. The highest BCUT2D eigenvalue weighted by atomic mass is 31.2. The molecule has 1 fully saturated rings. The predicted molar refractivity (Wildman–Crippen MR) is 230 cm³/mol. The number of carbonyl (C=O) groups excluding carboxylic acids is 1. The summed E-state index contributed by atoms with van der Waals surface area (Å²) >= 11 is 0. The molecule has 13 heteroatoms. The molecule has 0 heterocycles. The van der Waals surface area contributed by atoms with Crippen molar-refractivity contribution in [3.05, 3.63) is 72.9 Å². The number of ether oxygens (including phenoxy) is 2. The van der Waals surface area contributed by atoms with Gasteiger partial charge in [0.15, 0.2) is 0 Å². The van der Waals surface area contributed by atoms with E-state index < -0.39 is 63.1 Å². The first-order valence-corrected chi connectivity index (χ1v) is 23.3. The van der Waals surface area contributed by atoms with E-state index in [9.17, 15) is 39.8 Å². The van der Waals surface area contributed by atoms with Crippen LogP contribution < -0.4 is 0 Å². The van der Waals surface area contributed by atoms with Gasteiger partial charge in [-0.25, -0.2) is 4.57 Å². The standard InChI is InChI=1S/C45H77O12P/c1-3-5-7-9-11-13-15-17-19-21-23-25-27-29-31-33-35-54-36-38(37-55-58(52,53)57-45-43(50)41(48)40(47)42(49)44(45)51)56-39(46)34-32-30-28-26-24-22-20-18-16-14-12-10-8-6-4-2/h5,7,11-14,17-20,23,25,38,40-45,47-51H,3-4,6,8-10,15-16,21-22,24,26-37H2,1-2H3,(H,52,53)/b7-5-,13-11-,14-12-,19-17-,20-18-,25-23-. The first-order valence-electron chi connectivity index (χ1n) is 21.8. The maximum absolute atomic E-state index is 12.8. The van der Waals surface area contributed by atoms with Crippen LogP contribution in [0.25, 0.3) is 0 Å². The van der Waals surface area contributed by atoms with Gasteiger partial charge in [0.25, 0.3) is 0 Å². The summed E-state index contributed by atoms with van der Waals surface area (Å²) in [5.41, 5.74) is 0. The van der Waals surface area contributed by atoms with E-state index in [-0.39, 0.29) is 13.0 Å². The van der Waals surface area contributed by atoms with Gasteiger partial charge in [0.05, 0.1) is 13.2 Å². The monoisotopic (exact) mass is 841 g/mol. The average molecular weight is 841 g/mol. The summed E-state index contributed by atoms with van der Waals surface area (Å²) in [5.74, 6) is -0.507. The zero-order chi connectivity index (χ0) is 42.7. The maximum Gasteiger partial charge on any atom is 0.472 e. The third kappa shape index (κ3) is 27.5. The summed E-state index contributed by atoms with van der Waals surface area (Å²) in [4.78, 5) is 23.1. The van der Waals surface area contributed by atoms with Gasteiger partial charge in [0, 0.05) is 13.0 Å². The fourth-order valence-electron chi connectivity index (χ4n) is 6.08. The molecule has 12 nitrogen and oxygen atoms in total. The van der Waals surface area contributed by atoms with Gasteiger partial charge in [0.2, 0.25) is 0 Å². The molecule has 0 bridgehead atoms. The van der Waals surface area contributed by atoms with Gasteiger partial charge in [0.1, 0.15) is 42.7 Å². The molecule has 1 aliphatic rings. The number of esters is 1. The number of allylic oxidation sites excluding steroid dienone is 12. The van der Waals surface area contributed by atoms with Gasteiger partial charge in [-0.2, -0.15) is 0 Å². The molecule has 0 saturated heterocycles. The van der Waals surface area contributed by atoms with Crippen LogP contribution in [0, 0.1) is 0 Å². The third-order valence-electron chi connectivity index (χ3n) is 9.56. The molecule has 6 unspecified atom stereocenters. The first kappa shape index (κ1) is 53.8. The Morgan fingerprint density at radius 3 is 1.55 bits per heavy atom. The Balaban J connectivity index is 2.47. The van der Waals surface area contributed by atoms with Crippen molar-refractivity contribution in [3.8, 4) is 0 Å². The summed E-state index contributed by atoms with van der Waals surface area (Å²) in [6, 6.07) is 0. The minimum absolute atomic E-state index is 0.108. The van der Waals surface area contributed by atoms with E-state index in [1.165, 1.54) is 19.3 Å². The molecule has 0 amide bonds. The Labute approximate surface area is 349 Å². The Morgan fingerprint density at radius 2 is 1.02 bits per heavy atom. The molecule has 58 heavy (non-hydrogen) atoms. The topological polar surface area (TPSA) is 192 Å². The number of hydrogen-bond acceptors (Lipinski definition) is 11. The molecule has 6 N–H and O–H groups in total. The van der Waals surface area contributed by atoms with Crippen molar-refractivity contribution in [2.45, 2.75) is 185 Å². The van der Waals surface area contributed by atoms with E-state index in [0.29, 0.717) is 13.0 Å². The van der Waals surface area contributed by atoms with Crippen LogP contribution in [-0.4, -0.2) is 98.9 Å². The Hall–Kier alpha value is -2.22. The van der Waals surface area contributed by atoms with Crippen LogP contribution >= 0.6 is 7.82 Å². The van der Waals surface area contributed by atoms with Crippen molar-refractivity contribution < 1.29 is 58.3 Å². The van der Waals surface area contributed by atoms with Crippen molar-refractivity contribution in [1.29, 1.82) is 0 Å². The van der Waals surface area contributed by atoms with Gasteiger partial charge in [-0.15, -0.1) is 0 Å². The van der Waals surface area contributed by atoms with E-state index >= 15 is 0 Å². The summed E-state index contributed by atoms with van der Waals surface area (Å²) in [7, 11) is -5.03. The van der Waals surface area contributed by atoms with Crippen molar-refractivity contribution in [2.24, 2.45) is 0 Å². The van der Waals surface area contributed by atoms with Gasteiger partial charge >= 0.3 is 13.8 Å². The number of phosphoric ester groups is 1. The largest absolute Gasteiger partial charge is 0.472 e. The number of phosphoric acid groups is 1. The maximum atomic E-state index is 12.8. The average Bonchev–Trinajstić information content (AvgIpc) is 3.21. The van der Waals surface area contributed by atoms with Crippen LogP contribution in [0.15, 0.2) is 72.9 Å². The summed E-state index contributed by atoms with van der Waals surface area (Å²) < 4.78 is 34.1. The van der Waals surface area contributed by atoms with Crippen LogP contribution in [0.3, 0.4) is 0 Å². The Bertz CT molecular complexity index is 1230. The summed E-state index contributed by atoms with van der Waals surface area (Å²) in [6.45, 7) is 4.00. The second kappa shape index (κ2) is 35.5. The normalized spacial score (nSPS) is 23.4. The highest BCUT2D eigenvalue weighted by Gasteiger charge is 2.51. The number of aliphatic hydroxyl groups is 5. The van der Waals surface area contributed by atoms with Gasteiger partial charge < -0.3 is 39.9 Å². The van der Waals surface area contributed by atoms with Crippen LogP contribution in [0.5, 0.6) is 0 Å². The van der Waals surface area contributed by atoms with E-state index in [4.69, 9.17) is 18.5 Å². The SMILES string of the molecule is CC/C=C\C/C=C\C/C=C\C/C=C\CCCCCOCC(COP(=O)(O)OC1C(O)C(O)C(O)C(O)C1O)OC(=O)CCCCCCC/C=C\C/C=C\CCCCC. The van der Waals surface area contributed by atoms with Crippen LogP contribution in [0.2, 0.25) is 0 Å². The van der Waals surface area contributed by atoms with E-state index in [0.717, 1.165) is 96.3 Å². The molecule has 0 aliphatic heterocycles. The van der Waals surface area contributed by atoms with E-state index in [1.807, 2.05) is 0 Å². The van der Waals surface area contributed by atoms with Crippen LogP contribution in [-0.2, 0) is 27.9 Å². The summed E-state index contributed by atoms with van der Waals surface area (Å²) in [6.07, 6.45) is 32.6. The molecule has 334 valence electrons. The third-order valence-corrected chi connectivity index (χ3v) is 10.5. The van der Waals surface area contributed by atoms with E-state index in [2.05, 4.69) is 86.8 Å². The van der Waals surface area contributed by atoms with Crippen LogP contribution in [0.1, 0.15) is 142 Å². The van der Waals surface area contributed by atoms with Crippen molar-refractivity contribution >= 4 is 13.8 Å². The molecule has 0 aromatic heterocycles. The van der Waals surface area contributed by atoms with Gasteiger partial charge in [-0.3, -0.25) is 13.8 Å². The Morgan fingerprint density at radius 1 is 0.569 bits per heavy atom. The first-order chi connectivity index (χ1) is 28.0. The molecular formula is C45H77O12P. The molecule has 0 radical (unpaired) electrons. The quantitative estimate of drug-likeness (QED) is 0.0155. The second-order valence-corrected chi connectivity index (χ2v) is 16.2. The molecule has 0 aromatic rings. The van der Waals surface area contributed by atoms with Gasteiger partial charge in [-0.05, 0) is 83.5 Å². The molecule has 1 rings (SSSR count). The van der Waals surface area contributed by atoms with Crippen molar-refractivity contribution in [1.82, 2.24) is 0 Å². The zero-order valence-corrected chi connectivity index (χ0v) is 36.2. The minimum atomic E-state index is -5.03. The molecular weight excluding hydrogens is 763 g/mol. The number of hydrogen-bond donors (Lipinski definition) is 6. The number of rotatable bonds is 35. The molecule has 6 atom stereocenters. The van der Waals surface area contributed by atoms with E-state index in [1.54, 1.807) is 0 Å². The number of carbonyl (C=O) groups is 1. The van der Waals surface area contributed by atoms with Crippen molar-refractivity contribution in [3.63, 3.8) is 0 Å².